The molecular formula is C27H21ClN2O4S. The molecule has 8 heteroatoms. The van der Waals surface area contributed by atoms with E-state index in [9.17, 15) is 14.7 Å². The topological polar surface area (TPSA) is 79.7 Å². The molecule has 6 nitrogen and oxygen atoms in total. The maximum absolute atomic E-state index is 13.4. The van der Waals surface area contributed by atoms with Gasteiger partial charge in [-0.05, 0) is 73.0 Å². The van der Waals surface area contributed by atoms with Crippen molar-refractivity contribution in [2.24, 2.45) is 0 Å². The number of amides is 1. The summed E-state index contributed by atoms with van der Waals surface area (Å²) >= 11 is 7.45. The number of carbonyl (C=O) groups is 2. The molecule has 1 fully saturated rings. The number of methoxy groups -OCH3 is 1. The quantitative estimate of drug-likeness (QED) is 0.203. The Bertz CT molecular complexity index is 1510. The minimum absolute atomic E-state index is 0.00496. The van der Waals surface area contributed by atoms with Crippen molar-refractivity contribution in [3.8, 4) is 5.75 Å². The van der Waals surface area contributed by atoms with E-state index in [0.717, 1.165) is 21.3 Å². The van der Waals surface area contributed by atoms with Crippen LogP contribution in [0.25, 0.3) is 16.0 Å². The molecule has 1 saturated heterocycles. The highest BCUT2D eigenvalue weighted by Gasteiger charge is 2.48. The van der Waals surface area contributed by atoms with Crippen molar-refractivity contribution >= 4 is 55.7 Å². The number of Topliss-reactive ketones (excluding diaryl/α,β-unsaturated/α-hetero) is 1. The predicted molar refractivity (Wildman–Crippen MR) is 138 cm³/mol. The molecule has 0 aliphatic carbocycles. The number of aryl methyl sites for hydroxylation is 2. The minimum atomic E-state index is -0.865. The van der Waals surface area contributed by atoms with Crippen molar-refractivity contribution in [2.45, 2.75) is 19.9 Å². The van der Waals surface area contributed by atoms with E-state index in [1.54, 1.807) is 55.6 Å². The maximum Gasteiger partial charge on any atom is 0.301 e. The van der Waals surface area contributed by atoms with Crippen LogP contribution in [-0.2, 0) is 9.59 Å². The Hall–Kier alpha value is -3.68. The molecule has 2 heterocycles. The van der Waals surface area contributed by atoms with Crippen molar-refractivity contribution < 1.29 is 19.4 Å². The second kappa shape index (κ2) is 8.83. The van der Waals surface area contributed by atoms with Gasteiger partial charge >= 0.3 is 5.91 Å². The fraction of sp³-hybridized carbons (Fsp3) is 0.148. The number of ether oxygens (including phenoxy) is 1. The summed E-state index contributed by atoms with van der Waals surface area (Å²) in [5.41, 5.74) is 3.88. The number of thiazole rings is 1. The molecule has 0 bridgehead atoms. The number of hydrogen-bond acceptors (Lipinski definition) is 6. The summed E-state index contributed by atoms with van der Waals surface area (Å²) in [6, 6.07) is 16.7. The lowest BCUT2D eigenvalue weighted by Crippen LogP contribution is -2.29. The van der Waals surface area contributed by atoms with Crippen LogP contribution in [0.1, 0.15) is 28.3 Å². The van der Waals surface area contributed by atoms with Crippen LogP contribution in [0, 0.1) is 13.8 Å². The van der Waals surface area contributed by atoms with Gasteiger partial charge in [-0.3, -0.25) is 14.5 Å². The summed E-state index contributed by atoms with van der Waals surface area (Å²) in [6.45, 7) is 3.97. The molecule has 0 unspecified atom stereocenters. The molecule has 1 aliphatic heterocycles. The Kier molecular flexibility index (Phi) is 5.83. The van der Waals surface area contributed by atoms with Gasteiger partial charge in [0.2, 0.25) is 0 Å². The first-order valence-corrected chi connectivity index (χ1v) is 12.1. The van der Waals surface area contributed by atoms with Crippen molar-refractivity contribution in [1.29, 1.82) is 0 Å². The number of rotatable bonds is 4. The zero-order valence-corrected chi connectivity index (χ0v) is 20.8. The van der Waals surface area contributed by atoms with Crippen LogP contribution >= 0.6 is 22.9 Å². The van der Waals surface area contributed by atoms with Crippen LogP contribution in [-0.4, -0.2) is 28.9 Å². The van der Waals surface area contributed by atoms with Crippen molar-refractivity contribution in [1.82, 2.24) is 4.98 Å². The molecule has 176 valence electrons. The standard InChI is InChI=1S/C27H21ClN2O4S/c1-14-12-15(2)22-20(13-14)35-27(29-22)30-23(16-4-8-18(28)9-5-16)21(25(32)26(30)33)24(31)17-6-10-19(34-3)11-7-17/h4-13,23,31H,1-3H3/t23-/m0/s1. The fourth-order valence-electron chi connectivity index (χ4n) is 4.36. The molecular weight excluding hydrogens is 484 g/mol. The predicted octanol–water partition coefficient (Wildman–Crippen LogP) is 6.20. The van der Waals surface area contributed by atoms with Crippen LogP contribution in [0.3, 0.4) is 0 Å². The summed E-state index contributed by atoms with van der Waals surface area (Å²) in [5.74, 6) is -1.17. The smallest absolute Gasteiger partial charge is 0.301 e. The normalized spacial score (nSPS) is 17.4. The van der Waals surface area contributed by atoms with Gasteiger partial charge in [0.1, 0.15) is 11.5 Å². The Morgan fingerprint density at radius 1 is 1.06 bits per heavy atom. The largest absolute Gasteiger partial charge is 0.507 e. The van der Waals surface area contributed by atoms with Gasteiger partial charge in [-0.25, -0.2) is 4.98 Å². The molecule has 0 radical (unpaired) electrons. The molecule has 1 aromatic heterocycles. The number of anilines is 1. The molecule has 4 aromatic rings. The van der Waals surface area contributed by atoms with Crippen molar-refractivity contribution in [3.63, 3.8) is 0 Å². The van der Waals surface area contributed by atoms with E-state index in [4.69, 9.17) is 21.3 Å². The highest BCUT2D eigenvalue weighted by molar-refractivity contribution is 7.22. The highest BCUT2D eigenvalue weighted by Crippen LogP contribution is 2.45. The van der Waals surface area contributed by atoms with E-state index in [0.29, 0.717) is 27.0 Å². The SMILES string of the molecule is COc1ccc(C(O)=C2C(=O)C(=O)N(c3nc4c(C)cc(C)cc4s3)[C@H]2c2ccc(Cl)cc2)cc1. The number of fused-ring (bicyclic) bond motifs is 1. The van der Waals surface area contributed by atoms with E-state index in [1.165, 1.54) is 16.2 Å². The molecule has 5 rings (SSSR count). The van der Waals surface area contributed by atoms with E-state index < -0.39 is 17.7 Å². The van der Waals surface area contributed by atoms with Crippen molar-refractivity contribution in [2.75, 3.05) is 12.0 Å². The summed E-state index contributed by atoms with van der Waals surface area (Å²) in [6.07, 6.45) is 0. The third kappa shape index (κ3) is 3.96. The Labute approximate surface area is 211 Å². The lowest BCUT2D eigenvalue weighted by Gasteiger charge is -2.23. The van der Waals surface area contributed by atoms with Crippen LogP contribution in [0.5, 0.6) is 5.75 Å². The second-order valence-corrected chi connectivity index (χ2v) is 9.82. The fourth-order valence-corrected chi connectivity index (χ4v) is 5.65. The zero-order valence-electron chi connectivity index (χ0n) is 19.2. The van der Waals surface area contributed by atoms with Crippen LogP contribution in [0.15, 0.2) is 66.2 Å². The van der Waals surface area contributed by atoms with Gasteiger partial charge in [0, 0.05) is 10.6 Å². The highest BCUT2D eigenvalue weighted by atomic mass is 35.5. The third-order valence-electron chi connectivity index (χ3n) is 6.02. The number of halogens is 1. The monoisotopic (exact) mass is 504 g/mol. The molecule has 35 heavy (non-hydrogen) atoms. The average Bonchev–Trinajstić information content (AvgIpc) is 3.38. The van der Waals surface area contributed by atoms with Gasteiger partial charge in [-0.1, -0.05) is 41.1 Å². The van der Waals surface area contributed by atoms with E-state index in [2.05, 4.69) is 0 Å². The maximum atomic E-state index is 13.4. The first-order chi connectivity index (χ1) is 16.8. The average molecular weight is 505 g/mol. The first kappa shape index (κ1) is 23.1. The Balaban J connectivity index is 1.72. The molecule has 1 aliphatic rings. The van der Waals surface area contributed by atoms with Gasteiger partial charge in [-0.2, -0.15) is 0 Å². The molecule has 0 spiro atoms. The number of aromatic nitrogens is 1. The number of nitrogens with zero attached hydrogens (tertiary/aromatic N) is 2. The molecule has 1 amide bonds. The molecule has 3 aromatic carbocycles. The zero-order chi connectivity index (χ0) is 24.9. The lowest BCUT2D eigenvalue weighted by atomic mass is 9.95. The van der Waals surface area contributed by atoms with Gasteiger partial charge in [0.05, 0.1) is 28.9 Å². The second-order valence-electron chi connectivity index (χ2n) is 8.37. The summed E-state index contributed by atoms with van der Waals surface area (Å²) in [5, 5.41) is 12.2. The van der Waals surface area contributed by atoms with Gasteiger partial charge in [0.25, 0.3) is 5.78 Å². The number of benzene rings is 3. The van der Waals surface area contributed by atoms with Gasteiger partial charge < -0.3 is 9.84 Å². The number of aliphatic hydroxyl groups excluding tert-OH is 1. The van der Waals surface area contributed by atoms with Crippen molar-refractivity contribution in [3.05, 3.63) is 93.5 Å². The minimum Gasteiger partial charge on any atom is -0.507 e. The Morgan fingerprint density at radius 2 is 1.74 bits per heavy atom. The van der Waals surface area contributed by atoms with Crippen LogP contribution in [0.2, 0.25) is 5.02 Å². The number of aliphatic hydroxyl groups is 1. The Morgan fingerprint density at radius 3 is 2.40 bits per heavy atom. The van der Waals surface area contributed by atoms with Crippen LogP contribution in [0.4, 0.5) is 5.13 Å². The molecule has 0 saturated carbocycles. The van der Waals surface area contributed by atoms with E-state index in [-0.39, 0.29) is 11.3 Å². The molecule has 1 N–H and O–H groups in total. The lowest BCUT2D eigenvalue weighted by molar-refractivity contribution is -0.132. The van der Waals surface area contributed by atoms with E-state index in [1.807, 2.05) is 26.0 Å². The first-order valence-electron chi connectivity index (χ1n) is 10.9. The summed E-state index contributed by atoms with van der Waals surface area (Å²) in [7, 11) is 1.54. The number of hydrogen-bond donors (Lipinski definition) is 1. The van der Waals surface area contributed by atoms with Gasteiger partial charge in [0.15, 0.2) is 5.13 Å². The summed E-state index contributed by atoms with van der Waals surface area (Å²) in [4.78, 5) is 32.8. The molecule has 1 atom stereocenters. The third-order valence-corrected chi connectivity index (χ3v) is 7.27. The van der Waals surface area contributed by atoms with E-state index >= 15 is 0 Å². The van der Waals surface area contributed by atoms with Crippen LogP contribution < -0.4 is 9.64 Å². The summed E-state index contributed by atoms with van der Waals surface area (Å²) < 4.78 is 6.11. The van der Waals surface area contributed by atoms with Gasteiger partial charge in [-0.15, -0.1) is 0 Å². The number of carbonyl (C=O) groups excluding carboxylic acids is 2. The number of ketones is 1.